The predicted octanol–water partition coefficient (Wildman–Crippen LogP) is 5.08. The Bertz CT molecular complexity index is 1100. The van der Waals surface area contributed by atoms with E-state index in [1.165, 1.54) is 31.4 Å². The molecule has 158 valence electrons. The summed E-state index contributed by atoms with van der Waals surface area (Å²) in [7, 11) is 1.51. The van der Waals surface area contributed by atoms with Crippen molar-refractivity contribution >= 4 is 23.6 Å². The summed E-state index contributed by atoms with van der Waals surface area (Å²) in [5, 5.41) is 2.77. The van der Waals surface area contributed by atoms with Crippen molar-refractivity contribution in [2.75, 3.05) is 12.4 Å². The SMILES string of the molecule is COc1ccc(C)cc1NC(=O)[C@H](OC(=O)/C=C/c1cccc(F)c1)c1ccccc1. The lowest BCUT2D eigenvalue weighted by atomic mass is 10.1. The van der Waals surface area contributed by atoms with E-state index in [1.807, 2.05) is 13.0 Å². The number of esters is 1. The number of halogens is 1. The van der Waals surface area contributed by atoms with Gasteiger partial charge in [0.25, 0.3) is 5.91 Å². The van der Waals surface area contributed by atoms with Gasteiger partial charge in [0, 0.05) is 11.6 Å². The number of ether oxygens (including phenoxy) is 2. The molecule has 0 spiro atoms. The lowest BCUT2D eigenvalue weighted by molar-refractivity contribution is -0.149. The molecule has 31 heavy (non-hydrogen) atoms. The maximum atomic E-state index is 13.3. The van der Waals surface area contributed by atoms with Crippen molar-refractivity contribution in [1.29, 1.82) is 0 Å². The van der Waals surface area contributed by atoms with Crippen molar-refractivity contribution in [2.45, 2.75) is 13.0 Å². The molecular weight excluding hydrogens is 397 g/mol. The second-order valence-electron chi connectivity index (χ2n) is 6.81. The molecule has 0 fully saturated rings. The Morgan fingerprint density at radius 2 is 1.77 bits per heavy atom. The van der Waals surface area contributed by atoms with Crippen molar-refractivity contribution in [3.63, 3.8) is 0 Å². The van der Waals surface area contributed by atoms with Crippen molar-refractivity contribution in [2.24, 2.45) is 0 Å². The topological polar surface area (TPSA) is 64.6 Å². The van der Waals surface area contributed by atoms with E-state index in [4.69, 9.17) is 9.47 Å². The molecule has 0 aromatic heterocycles. The number of benzene rings is 3. The first-order valence-corrected chi connectivity index (χ1v) is 9.61. The first-order valence-electron chi connectivity index (χ1n) is 9.61. The summed E-state index contributed by atoms with van der Waals surface area (Å²) in [6.07, 6.45) is 1.40. The number of carbonyl (C=O) groups excluding carboxylic acids is 2. The zero-order chi connectivity index (χ0) is 22.2. The first-order chi connectivity index (χ1) is 15.0. The number of amides is 1. The fourth-order valence-electron chi connectivity index (χ4n) is 2.95. The maximum Gasteiger partial charge on any atom is 0.331 e. The third-order valence-electron chi connectivity index (χ3n) is 4.45. The number of rotatable bonds is 7. The normalized spacial score (nSPS) is 11.7. The van der Waals surface area contributed by atoms with Crippen LogP contribution in [-0.4, -0.2) is 19.0 Å². The van der Waals surface area contributed by atoms with Crippen LogP contribution in [0.5, 0.6) is 5.75 Å². The number of carbonyl (C=O) groups is 2. The van der Waals surface area contributed by atoms with Gasteiger partial charge in [-0.05, 0) is 48.4 Å². The second kappa shape index (κ2) is 10.2. The maximum absolute atomic E-state index is 13.3. The van der Waals surface area contributed by atoms with Crippen LogP contribution in [0, 0.1) is 12.7 Å². The molecule has 1 amide bonds. The highest BCUT2D eigenvalue weighted by atomic mass is 19.1. The van der Waals surface area contributed by atoms with Gasteiger partial charge in [-0.2, -0.15) is 0 Å². The summed E-state index contributed by atoms with van der Waals surface area (Å²) in [6, 6.07) is 19.9. The van der Waals surface area contributed by atoms with Crippen LogP contribution in [0.2, 0.25) is 0 Å². The third kappa shape index (κ3) is 6.02. The van der Waals surface area contributed by atoms with E-state index in [1.54, 1.807) is 48.5 Å². The molecule has 0 aliphatic carbocycles. The van der Waals surface area contributed by atoms with Crippen LogP contribution in [0.15, 0.2) is 78.9 Å². The summed E-state index contributed by atoms with van der Waals surface area (Å²) in [6.45, 7) is 1.89. The van der Waals surface area contributed by atoms with Crippen LogP contribution in [0.4, 0.5) is 10.1 Å². The highest BCUT2D eigenvalue weighted by Gasteiger charge is 2.25. The molecule has 0 aliphatic heterocycles. The van der Waals surface area contributed by atoms with E-state index in [2.05, 4.69) is 5.32 Å². The average Bonchev–Trinajstić information content (AvgIpc) is 2.77. The number of aryl methyl sites for hydroxylation is 1. The van der Waals surface area contributed by atoms with Gasteiger partial charge >= 0.3 is 5.97 Å². The molecule has 3 aromatic carbocycles. The highest BCUT2D eigenvalue weighted by Crippen LogP contribution is 2.27. The van der Waals surface area contributed by atoms with E-state index >= 15 is 0 Å². The van der Waals surface area contributed by atoms with Crippen LogP contribution in [0.25, 0.3) is 6.08 Å². The van der Waals surface area contributed by atoms with Gasteiger partial charge in [0.05, 0.1) is 12.8 Å². The van der Waals surface area contributed by atoms with Gasteiger partial charge in [0.2, 0.25) is 6.10 Å². The quantitative estimate of drug-likeness (QED) is 0.429. The minimum Gasteiger partial charge on any atom is -0.495 e. The van der Waals surface area contributed by atoms with Crippen LogP contribution in [-0.2, 0) is 14.3 Å². The van der Waals surface area contributed by atoms with Gasteiger partial charge in [0.15, 0.2) is 0 Å². The molecule has 6 heteroatoms. The van der Waals surface area contributed by atoms with Gasteiger partial charge in [-0.1, -0.05) is 48.5 Å². The molecule has 0 saturated carbocycles. The van der Waals surface area contributed by atoms with E-state index in [-0.39, 0.29) is 0 Å². The van der Waals surface area contributed by atoms with Gasteiger partial charge in [-0.15, -0.1) is 0 Å². The van der Waals surface area contributed by atoms with Crippen LogP contribution >= 0.6 is 0 Å². The minimum absolute atomic E-state index is 0.413. The molecule has 0 bridgehead atoms. The average molecular weight is 419 g/mol. The molecule has 1 N–H and O–H groups in total. The van der Waals surface area contributed by atoms with Crippen LogP contribution in [0.1, 0.15) is 22.8 Å². The minimum atomic E-state index is -1.18. The van der Waals surface area contributed by atoms with Gasteiger partial charge < -0.3 is 14.8 Å². The van der Waals surface area contributed by atoms with Crippen molar-refractivity contribution < 1.29 is 23.5 Å². The van der Waals surface area contributed by atoms with E-state index in [0.717, 1.165) is 11.6 Å². The van der Waals surface area contributed by atoms with Gasteiger partial charge in [-0.25, -0.2) is 9.18 Å². The molecular formula is C25H22FNO4. The molecule has 0 aliphatic rings. The molecule has 3 rings (SSSR count). The Kier molecular flexibility index (Phi) is 7.17. The fourth-order valence-corrected chi connectivity index (χ4v) is 2.95. The Hall–Kier alpha value is -3.93. The van der Waals surface area contributed by atoms with Crippen molar-refractivity contribution in [3.05, 3.63) is 101 Å². The molecule has 0 unspecified atom stereocenters. The molecule has 5 nitrogen and oxygen atoms in total. The van der Waals surface area contributed by atoms with Gasteiger partial charge in [-0.3, -0.25) is 4.79 Å². The van der Waals surface area contributed by atoms with Crippen molar-refractivity contribution in [3.8, 4) is 5.75 Å². The van der Waals surface area contributed by atoms with Crippen LogP contribution in [0.3, 0.4) is 0 Å². The first kappa shape index (κ1) is 21.8. The van der Waals surface area contributed by atoms with E-state index in [0.29, 0.717) is 22.6 Å². The molecule has 0 saturated heterocycles. The summed E-state index contributed by atoms with van der Waals surface area (Å²) in [5.74, 6) is -1.18. The standard InChI is InChI=1S/C25H22FNO4/c1-17-11-13-22(30-2)21(15-17)27-25(29)24(19-8-4-3-5-9-19)31-23(28)14-12-18-7-6-10-20(26)16-18/h3-16,24H,1-2H3,(H,27,29)/b14-12+/t24-/m1/s1. The largest absolute Gasteiger partial charge is 0.495 e. The predicted molar refractivity (Wildman–Crippen MR) is 117 cm³/mol. The Balaban J connectivity index is 1.81. The number of methoxy groups -OCH3 is 1. The second-order valence-corrected chi connectivity index (χ2v) is 6.81. The Labute approximate surface area is 180 Å². The lowest BCUT2D eigenvalue weighted by Crippen LogP contribution is -2.25. The van der Waals surface area contributed by atoms with E-state index in [9.17, 15) is 14.0 Å². The lowest BCUT2D eigenvalue weighted by Gasteiger charge is -2.18. The molecule has 0 radical (unpaired) electrons. The summed E-state index contributed by atoms with van der Waals surface area (Å²) < 4.78 is 24.1. The summed E-state index contributed by atoms with van der Waals surface area (Å²) >= 11 is 0. The third-order valence-corrected chi connectivity index (χ3v) is 4.45. The fraction of sp³-hybridized carbons (Fsp3) is 0.120. The number of hydrogen-bond donors (Lipinski definition) is 1. The van der Waals surface area contributed by atoms with Crippen molar-refractivity contribution in [1.82, 2.24) is 0 Å². The van der Waals surface area contributed by atoms with Gasteiger partial charge in [0.1, 0.15) is 11.6 Å². The number of nitrogens with one attached hydrogen (secondary N) is 1. The molecule has 3 aromatic rings. The number of anilines is 1. The van der Waals surface area contributed by atoms with Crippen LogP contribution < -0.4 is 10.1 Å². The Morgan fingerprint density at radius 3 is 2.48 bits per heavy atom. The molecule has 0 heterocycles. The number of hydrogen-bond acceptors (Lipinski definition) is 4. The summed E-state index contributed by atoms with van der Waals surface area (Å²) in [4.78, 5) is 25.4. The monoisotopic (exact) mass is 419 g/mol. The zero-order valence-electron chi connectivity index (χ0n) is 17.2. The Morgan fingerprint density at radius 1 is 1.00 bits per heavy atom. The zero-order valence-corrected chi connectivity index (χ0v) is 17.2. The highest BCUT2D eigenvalue weighted by molar-refractivity contribution is 5.98. The smallest absolute Gasteiger partial charge is 0.331 e. The summed E-state index contributed by atoms with van der Waals surface area (Å²) in [5.41, 5.74) is 2.42. The van der Waals surface area contributed by atoms with E-state index < -0.39 is 23.8 Å². The molecule has 1 atom stereocenters.